The second-order valence-electron chi connectivity index (χ2n) is 7.25. The van der Waals surface area contributed by atoms with Gasteiger partial charge in [-0.1, -0.05) is 54.6 Å². The van der Waals surface area contributed by atoms with Gasteiger partial charge in [0.1, 0.15) is 6.61 Å². The molecular weight excluding hydrogens is 396 g/mol. The number of carbonyl (C=O) groups excluding carboxylic acids is 2. The van der Waals surface area contributed by atoms with Gasteiger partial charge in [0.15, 0.2) is 0 Å². The van der Waals surface area contributed by atoms with Crippen LogP contribution in [0.4, 0.5) is 4.79 Å². The Morgan fingerprint density at radius 3 is 2.23 bits per heavy atom. The maximum Gasteiger partial charge on any atom is 0.407 e. The first-order valence-corrected chi connectivity index (χ1v) is 10.3. The number of hydrogen-bond donors (Lipinski definition) is 3. The molecule has 0 aliphatic heterocycles. The van der Waals surface area contributed by atoms with E-state index in [0.29, 0.717) is 19.4 Å². The van der Waals surface area contributed by atoms with E-state index in [-0.39, 0.29) is 31.4 Å². The largest absolute Gasteiger partial charge is 0.481 e. The predicted molar refractivity (Wildman–Crippen MR) is 117 cm³/mol. The van der Waals surface area contributed by atoms with Crippen LogP contribution in [0.15, 0.2) is 60.7 Å². The summed E-state index contributed by atoms with van der Waals surface area (Å²) in [5.41, 5.74) is 4.64. The Balaban J connectivity index is 1.39. The summed E-state index contributed by atoms with van der Waals surface area (Å²) in [6.45, 7) is 0.819. The van der Waals surface area contributed by atoms with Crippen molar-refractivity contribution in [3.8, 4) is 11.1 Å². The number of rotatable bonds is 10. The summed E-state index contributed by atoms with van der Waals surface area (Å²) in [6.07, 6.45) is 3.54. The first-order valence-electron chi connectivity index (χ1n) is 10.3. The van der Waals surface area contributed by atoms with E-state index < -0.39 is 12.1 Å². The standard InChI is InChI=1S/C24H26N2O5/c27-22(25-14-6-5-13-23(28)29)12-7-15-26-24(30)31-16-21-19-10-3-1-8-17(19)18-9-2-4-11-20(18)21/h1-4,7-12,21H,5-6,13-16H2,(H,25,27)(H,26,30)(H,28,29)/b12-7+. The molecule has 0 heterocycles. The molecular formula is C24H26N2O5. The summed E-state index contributed by atoms with van der Waals surface area (Å²) in [5, 5.41) is 13.8. The Kier molecular flexibility index (Phi) is 7.81. The van der Waals surface area contributed by atoms with E-state index in [1.165, 1.54) is 23.3 Å². The van der Waals surface area contributed by atoms with Crippen molar-refractivity contribution in [2.45, 2.75) is 25.2 Å². The van der Waals surface area contributed by atoms with E-state index in [2.05, 4.69) is 34.9 Å². The zero-order valence-corrected chi connectivity index (χ0v) is 17.2. The van der Waals surface area contributed by atoms with Gasteiger partial charge >= 0.3 is 12.1 Å². The molecule has 0 spiro atoms. The van der Waals surface area contributed by atoms with E-state index >= 15 is 0 Å². The molecule has 7 heteroatoms. The Bertz CT molecular complexity index is 924. The van der Waals surface area contributed by atoms with E-state index in [4.69, 9.17) is 9.84 Å². The minimum absolute atomic E-state index is 0.000553. The number of hydrogen-bond acceptors (Lipinski definition) is 4. The summed E-state index contributed by atoms with van der Waals surface area (Å²) in [6, 6.07) is 16.3. The van der Waals surface area contributed by atoms with Crippen LogP contribution in [0.1, 0.15) is 36.3 Å². The molecule has 7 nitrogen and oxygen atoms in total. The number of carboxylic acid groups (broad SMARTS) is 1. The number of benzene rings is 2. The third kappa shape index (κ3) is 6.18. The van der Waals surface area contributed by atoms with Crippen molar-refractivity contribution >= 4 is 18.0 Å². The van der Waals surface area contributed by atoms with Crippen molar-refractivity contribution in [3.63, 3.8) is 0 Å². The molecule has 3 N–H and O–H groups in total. The maximum absolute atomic E-state index is 12.1. The number of nitrogens with one attached hydrogen (secondary N) is 2. The molecule has 1 aliphatic carbocycles. The fourth-order valence-electron chi connectivity index (χ4n) is 3.63. The average Bonchev–Trinajstić information content (AvgIpc) is 3.08. The molecule has 0 bridgehead atoms. The Morgan fingerprint density at radius 2 is 1.58 bits per heavy atom. The quantitative estimate of drug-likeness (QED) is 0.402. The molecule has 0 saturated heterocycles. The lowest BCUT2D eigenvalue weighted by molar-refractivity contribution is -0.137. The number of carbonyl (C=O) groups is 3. The third-order valence-corrected chi connectivity index (χ3v) is 5.09. The van der Waals surface area contributed by atoms with Crippen molar-refractivity contribution in [2.24, 2.45) is 0 Å². The van der Waals surface area contributed by atoms with E-state index in [1.54, 1.807) is 0 Å². The molecule has 2 aromatic carbocycles. The lowest BCUT2D eigenvalue weighted by Crippen LogP contribution is -2.27. The van der Waals surface area contributed by atoms with Gasteiger partial charge in [0, 0.05) is 31.5 Å². The fourth-order valence-corrected chi connectivity index (χ4v) is 3.63. The summed E-state index contributed by atoms with van der Waals surface area (Å²) in [4.78, 5) is 34.1. The molecule has 0 unspecified atom stereocenters. The van der Waals surface area contributed by atoms with Crippen LogP contribution in [-0.4, -0.2) is 42.8 Å². The van der Waals surface area contributed by atoms with Gasteiger partial charge in [0.2, 0.25) is 5.91 Å². The van der Waals surface area contributed by atoms with Gasteiger partial charge < -0.3 is 20.5 Å². The molecule has 0 atom stereocenters. The highest BCUT2D eigenvalue weighted by Gasteiger charge is 2.28. The molecule has 2 amide bonds. The second-order valence-corrected chi connectivity index (χ2v) is 7.25. The van der Waals surface area contributed by atoms with E-state index in [1.807, 2.05) is 24.3 Å². The predicted octanol–water partition coefficient (Wildman–Crippen LogP) is 3.45. The Labute approximate surface area is 181 Å². The number of ether oxygens (including phenoxy) is 1. The molecule has 0 aromatic heterocycles. The summed E-state index contributed by atoms with van der Waals surface area (Å²) in [7, 11) is 0. The van der Waals surface area contributed by atoms with Crippen LogP contribution < -0.4 is 10.6 Å². The van der Waals surface area contributed by atoms with Crippen LogP contribution in [0.2, 0.25) is 0 Å². The van der Waals surface area contributed by atoms with E-state index in [9.17, 15) is 14.4 Å². The number of amides is 2. The second kappa shape index (κ2) is 11.0. The lowest BCUT2D eigenvalue weighted by Gasteiger charge is -2.14. The smallest absolute Gasteiger partial charge is 0.407 e. The van der Waals surface area contributed by atoms with Crippen LogP contribution in [0.25, 0.3) is 11.1 Å². The summed E-state index contributed by atoms with van der Waals surface area (Å²) >= 11 is 0. The minimum Gasteiger partial charge on any atom is -0.481 e. The highest BCUT2D eigenvalue weighted by Crippen LogP contribution is 2.44. The monoisotopic (exact) mass is 422 g/mol. The highest BCUT2D eigenvalue weighted by molar-refractivity contribution is 5.87. The molecule has 162 valence electrons. The number of alkyl carbamates (subject to hydrolysis) is 1. The lowest BCUT2D eigenvalue weighted by atomic mass is 9.98. The van der Waals surface area contributed by atoms with Crippen LogP contribution in [-0.2, 0) is 14.3 Å². The van der Waals surface area contributed by atoms with E-state index in [0.717, 1.165) is 11.1 Å². The molecule has 31 heavy (non-hydrogen) atoms. The van der Waals surface area contributed by atoms with Gasteiger partial charge in [-0.2, -0.15) is 0 Å². The Hall–Kier alpha value is -3.61. The zero-order chi connectivity index (χ0) is 22.1. The SMILES string of the molecule is O=C(O)CCCCNC(=O)/C=C/CNC(=O)OCC1c2ccccc2-c2ccccc21. The molecule has 3 rings (SSSR count). The minimum atomic E-state index is -0.842. The van der Waals surface area contributed by atoms with Gasteiger partial charge in [0.05, 0.1) is 0 Å². The molecule has 0 fully saturated rings. The number of aliphatic carboxylic acids is 1. The van der Waals surface area contributed by atoms with Gasteiger partial charge in [-0.15, -0.1) is 0 Å². The van der Waals surface area contributed by atoms with Crippen molar-refractivity contribution < 1.29 is 24.2 Å². The van der Waals surface area contributed by atoms with Crippen molar-refractivity contribution in [1.29, 1.82) is 0 Å². The van der Waals surface area contributed by atoms with Crippen LogP contribution in [0.5, 0.6) is 0 Å². The number of fused-ring (bicyclic) bond motifs is 3. The first-order chi connectivity index (χ1) is 15.1. The number of carboxylic acids is 1. The molecule has 0 radical (unpaired) electrons. The number of unbranched alkanes of at least 4 members (excludes halogenated alkanes) is 1. The molecule has 1 aliphatic rings. The normalized spacial score (nSPS) is 12.3. The fraction of sp³-hybridized carbons (Fsp3) is 0.292. The Morgan fingerprint density at radius 1 is 0.935 bits per heavy atom. The maximum atomic E-state index is 12.1. The summed E-state index contributed by atoms with van der Waals surface area (Å²) in [5.74, 6) is -1.13. The van der Waals surface area contributed by atoms with Gasteiger partial charge in [-0.3, -0.25) is 9.59 Å². The van der Waals surface area contributed by atoms with Crippen molar-refractivity contribution in [2.75, 3.05) is 19.7 Å². The first kappa shape index (κ1) is 22.1. The molecule has 2 aromatic rings. The van der Waals surface area contributed by atoms with Gasteiger partial charge in [-0.05, 0) is 35.1 Å². The van der Waals surface area contributed by atoms with Crippen LogP contribution in [0.3, 0.4) is 0 Å². The zero-order valence-electron chi connectivity index (χ0n) is 17.2. The van der Waals surface area contributed by atoms with Gasteiger partial charge in [-0.25, -0.2) is 4.79 Å². The van der Waals surface area contributed by atoms with Crippen molar-refractivity contribution in [3.05, 3.63) is 71.8 Å². The average molecular weight is 422 g/mol. The van der Waals surface area contributed by atoms with Crippen molar-refractivity contribution in [1.82, 2.24) is 10.6 Å². The summed E-state index contributed by atoms with van der Waals surface area (Å²) < 4.78 is 5.43. The third-order valence-electron chi connectivity index (χ3n) is 5.09. The van der Waals surface area contributed by atoms with Crippen LogP contribution in [0, 0.1) is 0 Å². The molecule has 0 saturated carbocycles. The highest BCUT2D eigenvalue weighted by atomic mass is 16.5. The van der Waals surface area contributed by atoms with Crippen LogP contribution >= 0.6 is 0 Å². The topological polar surface area (TPSA) is 105 Å². The van der Waals surface area contributed by atoms with Gasteiger partial charge in [0.25, 0.3) is 0 Å².